The number of halogens is 2. The van der Waals surface area contributed by atoms with Crippen LogP contribution in [0.5, 0.6) is 0 Å². The van der Waals surface area contributed by atoms with Crippen LogP contribution in [-0.4, -0.2) is 37.2 Å². The fourth-order valence-electron chi connectivity index (χ4n) is 2.38. The van der Waals surface area contributed by atoms with Gasteiger partial charge in [-0.15, -0.1) is 0 Å². The summed E-state index contributed by atoms with van der Waals surface area (Å²) in [6.45, 7) is 5.06. The van der Waals surface area contributed by atoms with Crippen LogP contribution in [0.25, 0.3) is 0 Å². The molecule has 1 aromatic rings. The van der Waals surface area contributed by atoms with E-state index in [0.29, 0.717) is 16.6 Å². The Morgan fingerprint density at radius 2 is 2.28 bits per heavy atom. The summed E-state index contributed by atoms with van der Waals surface area (Å²) in [7, 11) is 0. The highest BCUT2D eigenvalue weighted by Crippen LogP contribution is 2.33. The average molecular weight is 289 g/mol. The maximum absolute atomic E-state index is 6.28. The van der Waals surface area contributed by atoms with Gasteiger partial charge in [-0.1, -0.05) is 35.3 Å². The molecule has 1 aliphatic rings. The molecule has 1 aromatic carbocycles. The van der Waals surface area contributed by atoms with Crippen LogP contribution < -0.4 is 5.73 Å². The van der Waals surface area contributed by atoms with Gasteiger partial charge >= 0.3 is 0 Å². The zero-order chi connectivity index (χ0) is 13.1. The van der Waals surface area contributed by atoms with Crippen molar-refractivity contribution in [3.8, 4) is 0 Å². The highest BCUT2D eigenvalue weighted by molar-refractivity contribution is 6.42. The van der Waals surface area contributed by atoms with Crippen LogP contribution in [0.15, 0.2) is 18.2 Å². The molecular formula is C13H18Cl2N2O. The van der Waals surface area contributed by atoms with Crippen LogP contribution in [0.4, 0.5) is 0 Å². The SMILES string of the molecule is CC1CN(C(CN)c2cccc(Cl)c2Cl)CCO1. The summed E-state index contributed by atoms with van der Waals surface area (Å²) in [6.07, 6.45) is 0.228. The van der Waals surface area contributed by atoms with Gasteiger partial charge in [-0.25, -0.2) is 0 Å². The summed E-state index contributed by atoms with van der Waals surface area (Å²) >= 11 is 12.3. The number of hydrogen-bond donors (Lipinski definition) is 1. The van der Waals surface area contributed by atoms with E-state index in [0.717, 1.165) is 25.3 Å². The first-order valence-electron chi connectivity index (χ1n) is 6.13. The minimum absolute atomic E-state index is 0.0996. The van der Waals surface area contributed by atoms with Crippen LogP contribution in [0.2, 0.25) is 10.0 Å². The molecule has 2 unspecified atom stereocenters. The van der Waals surface area contributed by atoms with Gasteiger partial charge in [0.25, 0.3) is 0 Å². The fraction of sp³-hybridized carbons (Fsp3) is 0.538. The Morgan fingerprint density at radius 3 is 2.94 bits per heavy atom. The van der Waals surface area contributed by atoms with Crippen molar-refractivity contribution in [2.24, 2.45) is 5.73 Å². The molecule has 0 saturated carbocycles. The van der Waals surface area contributed by atoms with E-state index < -0.39 is 0 Å². The molecule has 100 valence electrons. The summed E-state index contributed by atoms with van der Waals surface area (Å²) in [5.74, 6) is 0. The third-order valence-electron chi connectivity index (χ3n) is 3.28. The van der Waals surface area contributed by atoms with Crippen molar-refractivity contribution >= 4 is 23.2 Å². The predicted molar refractivity (Wildman–Crippen MR) is 75.2 cm³/mol. The summed E-state index contributed by atoms with van der Waals surface area (Å²) in [5.41, 5.74) is 6.92. The predicted octanol–water partition coefficient (Wildman–Crippen LogP) is 2.71. The summed E-state index contributed by atoms with van der Waals surface area (Å²) < 4.78 is 5.55. The van der Waals surface area contributed by atoms with Gasteiger partial charge in [0.15, 0.2) is 0 Å². The summed E-state index contributed by atoms with van der Waals surface area (Å²) in [5, 5.41) is 1.18. The number of ether oxygens (including phenoxy) is 1. The molecule has 18 heavy (non-hydrogen) atoms. The lowest BCUT2D eigenvalue weighted by Crippen LogP contribution is -2.45. The van der Waals surface area contributed by atoms with E-state index >= 15 is 0 Å². The molecule has 2 atom stereocenters. The lowest BCUT2D eigenvalue weighted by atomic mass is 10.0. The lowest BCUT2D eigenvalue weighted by Gasteiger charge is -2.37. The topological polar surface area (TPSA) is 38.5 Å². The maximum Gasteiger partial charge on any atom is 0.0674 e. The Hall–Kier alpha value is -0.320. The first-order valence-corrected chi connectivity index (χ1v) is 6.88. The molecule has 0 bridgehead atoms. The van der Waals surface area contributed by atoms with Crippen LogP contribution in [-0.2, 0) is 4.74 Å². The van der Waals surface area contributed by atoms with Crippen molar-refractivity contribution in [2.75, 3.05) is 26.2 Å². The normalized spacial score (nSPS) is 23.0. The number of rotatable bonds is 3. The highest BCUT2D eigenvalue weighted by Gasteiger charge is 2.26. The van der Waals surface area contributed by atoms with Crippen molar-refractivity contribution in [1.29, 1.82) is 0 Å². The number of nitrogens with two attached hydrogens (primary N) is 1. The highest BCUT2D eigenvalue weighted by atomic mass is 35.5. The van der Waals surface area contributed by atoms with Crippen molar-refractivity contribution in [3.63, 3.8) is 0 Å². The third-order valence-corrected chi connectivity index (χ3v) is 4.11. The standard InChI is InChI=1S/C13H18Cl2N2O/c1-9-8-17(5-6-18-9)12(7-16)10-3-2-4-11(14)13(10)15/h2-4,9,12H,5-8,16H2,1H3. The molecule has 1 aliphatic heterocycles. The fourth-order valence-corrected chi connectivity index (χ4v) is 2.81. The third kappa shape index (κ3) is 2.98. The second-order valence-electron chi connectivity index (χ2n) is 4.57. The van der Waals surface area contributed by atoms with Crippen molar-refractivity contribution < 1.29 is 4.74 Å². The maximum atomic E-state index is 6.28. The summed E-state index contributed by atoms with van der Waals surface area (Å²) in [4.78, 5) is 2.31. The first kappa shape index (κ1) is 14.1. The van der Waals surface area contributed by atoms with Gasteiger partial charge in [0.2, 0.25) is 0 Å². The second kappa shape index (κ2) is 6.22. The van der Waals surface area contributed by atoms with Gasteiger partial charge in [0, 0.05) is 25.7 Å². The number of nitrogens with zero attached hydrogens (tertiary/aromatic N) is 1. The van der Waals surface area contributed by atoms with E-state index in [1.54, 1.807) is 6.07 Å². The van der Waals surface area contributed by atoms with E-state index in [2.05, 4.69) is 11.8 Å². The molecule has 0 amide bonds. The molecule has 1 saturated heterocycles. The van der Waals surface area contributed by atoms with E-state index in [1.807, 2.05) is 12.1 Å². The number of benzene rings is 1. The molecule has 2 N–H and O–H groups in total. The Balaban J connectivity index is 2.24. The summed E-state index contributed by atoms with van der Waals surface area (Å²) in [6, 6.07) is 5.80. The molecule has 0 aliphatic carbocycles. The Kier molecular flexibility index (Phi) is 4.87. The smallest absolute Gasteiger partial charge is 0.0674 e. The van der Waals surface area contributed by atoms with Crippen molar-refractivity contribution in [1.82, 2.24) is 4.90 Å². The number of morpholine rings is 1. The van der Waals surface area contributed by atoms with Crippen molar-refractivity contribution in [2.45, 2.75) is 19.1 Å². The molecule has 0 radical (unpaired) electrons. The van der Waals surface area contributed by atoms with Crippen LogP contribution in [0.1, 0.15) is 18.5 Å². The minimum Gasteiger partial charge on any atom is -0.376 e. The van der Waals surface area contributed by atoms with Gasteiger partial charge in [-0.3, -0.25) is 4.90 Å². The number of hydrogen-bond acceptors (Lipinski definition) is 3. The van der Waals surface area contributed by atoms with E-state index in [-0.39, 0.29) is 12.1 Å². The van der Waals surface area contributed by atoms with Crippen LogP contribution in [0, 0.1) is 0 Å². The van der Waals surface area contributed by atoms with Gasteiger partial charge in [-0.2, -0.15) is 0 Å². The Morgan fingerprint density at radius 1 is 1.50 bits per heavy atom. The molecule has 0 aromatic heterocycles. The monoisotopic (exact) mass is 288 g/mol. The molecular weight excluding hydrogens is 271 g/mol. The van der Waals surface area contributed by atoms with Crippen LogP contribution in [0.3, 0.4) is 0 Å². The second-order valence-corrected chi connectivity index (χ2v) is 5.36. The van der Waals surface area contributed by atoms with E-state index in [4.69, 9.17) is 33.7 Å². The quantitative estimate of drug-likeness (QED) is 0.930. The van der Waals surface area contributed by atoms with E-state index in [1.165, 1.54) is 0 Å². The zero-order valence-corrected chi connectivity index (χ0v) is 11.9. The largest absolute Gasteiger partial charge is 0.376 e. The van der Waals surface area contributed by atoms with Gasteiger partial charge in [0.05, 0.1) is 22.8 Å². The molecule has 2 rings (SSSR count). The first-order chi connectivity index (χ1) is 8.63. The molecule has 1 heterocycles. The van der Waals surface area contributed by atoms with E-state index in [9.17, 15) is 0 Å². The molecule has 3 nitrogen and oxygen atoms in total. The zero-order valence-electron chi connectivity index (χ0n) is 10.4. The van der Waals surface area contributed by atoms with Gasteiger partial charge < -0.3 is 10.5 Å². The average Bonchev–Trinajstić information content (AvgIpc) is 2.35. The molecule has 5 heteroatoms. The molecule has 1 fully saturated rings. The van der Waals surface area contributed by atoms with Crippen LogP contribution >= 0.6 is 23.2 Å². The molecule has 0 spiro atoms. The lowest BCUT2D eigenvalue weighted by molar-refractivity contribution is -0.0332. The van der Waals surface area contributed by atoms with Crippen molar-refractivity contribution in [3.05, 3.63) is 33.8 Å². The Bertz CT molecular complexity index is 414. The minimum atomic E-state index is 0.0996. The van der Waals surface area contributed by atoms with Gasteiger partial charge in [-0.05, 0) is 18.6 Å². The Labute approximate surface area is 118 Å². The van der Waals surface area contributed by atoms with Gasteiger partial charge in [0.1, 0.15) is 0 Å².